The fraction of sp³-hybridized carbons (Fsp3) is 0.467. The second-order valence-corrected chi connectivity index (χ2v) is 6.40. The number of benzene rings is 1. The maximum Gasteiger partial charge on any atom is 0.249 e. The Morgan fingerprint density at radius 2 is 2.10 bits per heavy atom. The molecular formula is C15H17BrN2O2. The van der Waals surface area contributed by atoms with Crippen molar-refractivity contribution in [1.29, 1.82) is 0 Å². The molecule has 0 aromatic heterocycles. The van der Waals surface area contributed by atoms with Crippen molar-refractivity contribution >= 4 is 33.4 Å². The standard InChI is InChI=1S/C15H17BrN2O2/c1-9-8-11(4-5-12(9)16)18-7-6-13(15(18)20)17-14(19)10-2-3-10/h4-5,8,10,13H,2-3,6-7H2,1H3,(H,17,19)/t13-/m0/s1. The van der Waals surface area contributed by atoms with Crippen LogP contribution in [-0.4, -0.2) is 24.4 Å². The monoisotopic (exact) mass is 336 g/mol. The number of nitrogens with zero attached hydrogens (tertiary/aromatic N) is 1. The molecule has 1 aromatic rings. The molecule has 0 radical (unpaired) electrons. The van der Waals surface area contributed by atoms with E-state index in [-0.39, 0.29) is 23.8 Å². The third-order valence-corrected chi connectivity index (χ3v) is 4.81. The van der Waals surface area contributed by atoms with Crippen molar-refractivity contribution in [3.8, 4) is 0 Å². The Morgan fingerprint density at radius 1 is 1.35 bits per heavy atom. The number of rotatable bonds is 3. The molecule has 0 bridgehead atoms. The van der Waals surface area contributed by atoms with E-state index in [0.717, 1.165) is 28.6 Å². The molecule has 0 spiro atoms. The highest BCUT2D eigenvalue weighted by molar-refractivity contribution is 9.10. The van der Waals surface area contributed by atoms with Crippen molar-refractivity contribution in [2.24, 2.45) is 5.92 Å². The summed E-state index contributed by atoms with van der Waals surface area (Å²) in [5, 5.41) is 2.88. The molecule has 1 aromatic carbocycles. The molecule has 3 rings (SSSR count). The van der Waals surface area contributed by atoms with E-state index in [9.17, 15) is 9.59 Å². The van der Waals surface area contributed by atoms with Gasteiger partial charge in [0.1, 0.15) is 6.04 Å². The first-order valence-electron chi connectivity index (χ1n) is 6.94. The number of aryl methyl sites for hydroxylation is 1. The number of halogens is 1. The van der Waals surface area contributed by atoms with Crippen LogP contribution in [0.25, 0.3) is 0 Å². The zero-order valence-corrected chi connectivity index (χ0v) is 12.9. The summed E-state index contributed by atoms with van der Waals surface area (Å²) in [6.45, 7) is 2.66. The van der Waals surface area contributed by atoms with E-state index in [2.05, 4.69) is 21.2 Å². The molecule has 1 N–H and O–H groups in total. The Hall–Kier alpha value is -1.36. The van der Waals surface area contributed by atoms with Crippen molar-refractivity contribution in [1.82, 2.24) is 5.32 Å². The maximum atomic E-state index is 12.4. The zero-order chi connectivity index (χ0) is 14.3. The largest absolute Gasteiger partial charge is 0.344 e. The number of hydrogen-bond donors (Lipinski definition) is 1. The second-order valence-electron chi connectivity index (χ2n) is 5.55. The van der Waals surface area contributed by atoms with Gasteiger partial charge in [-0.25, -0.2) is 0 Å². The van der Waals surface area contributed by atoms with Gasteiger partial charge in [0, 0.05) is 22.6 Å². The molecule has 1 aliphatic heterocycles. The Balaban J connectivity index is 1.71. The lowest BCUT2D eigenvalue weighted by atomic mass is 10.2. The van der Waals surface area contributed by atoms with Crippen LogP contribution in [0.4, 0.5) is 5.69 Å². The number of hydrogen-bond acceptors (Lipinski definition) is 2. The van der Waals surface area contributed by atoms with Crippen molar-refractivity contribution in [2.75, 3.05) is 11.4 Å². The molecule has 2 fully saturated rings. The van der Waals surface area contributed by atoms with Gasteiger partial charge in [-0.3, -0.25) is 9.59 Å². The topological polar surface area (TPSA) is 49.4 Å². The molecule has 1 heterocycles. The Kier molecular flexibility index (Phi) is 3.54. The van der Waals surface area contributed by atoms with E-state index >= 15 is 0 Å². The van der Waals surface area contributed by atoms with E-state index in [1.54, 1.807) is 4.90 Å². The van der Waals surface area contributed by atoms with Crippen LogP contribution in [0.1, 0.15) is 24.8 Å². The summed E-state index contributed by atoms with van der Waals surface area (Å²) in [7, 11) is 0. The van der Waals surface area contributed by atoms with E-state index in [1.165, 1.54) is 0 Å². The van der Waals surface area contributed by atoms with Gasteiger partial charge in [0.25, 0.3) is 0 Å². The summed E-state index contributed by atoms with van der Waals surface area (Å²) in [6.07, 6.45) is 2.61. The quantitative estimate of drug-likeness (QED) is 0.921. The molecule has 2 amide bonds. The maximum absolute atomic E-state index is 12.4. The van der Waals surface area contributed by atoms with E-state index < -0.39 is 0 Å². The first-order chi connectivity index (χ1) is 9.56. The van der Waals surface area contributed by atoms with E-state index in [1.807, 2.05) is 25.1 Å². The summed E-state index contributed by atoms with van der Waals surface area (Å²) in [5.41, 5.74) is 2.00. The molecule has 1 atom stereocenters. The van der Waals surface area contributed by atoms with Crippen molar-refractivity contribution in [3.63, 3.8) is 0 Å². The summed E-state index contributed by atoms with van der Waals surface area (Å²) < 4.78 is 1.03. The van der Waals surface area contributed by atoms with Crippen LogP contribution in [0.5, 0.6) is 0 Å². The molecule has 1 saturated heterocycles. The van der Waals surface area contributed by atoms with Crippen LogP contribution in [0.2, 0.25) is 0 Å². The summed E-state index contributed by atoms with van der Waals surface area (Å²) >= 11 is 3.46. The summed E-state index contributed by atoms with van der Waals surface area (Å²) in [5.74, 6) is 0.185. The van der Waals surface area contributed by atoms with Gasteiger partial charge < -0.3 is 10.2 Å². The van der Waals surface area contributed by atoms with Crippen LogP contribution < -0.4 is 10.2 Å². The first kappa shape index (κ1) is 13.6. The van der Waals surface area contributed by atoms with Crippen LogP contribution in [-0.2, 0) is 9.59 Å². The molecule has 20 heavy (non-hydrogen) atoms. The fourth-order valence-corrected chi connectivity index (χ4v) is 2.75. The summed E-state index contributed by atoms with van der Waals surface area (Å²) in [4.78, 5) is 25.9. The first-order valence-corrected chi connectivity index (χ1v) is 7.73. The molecule has 1 aliphatic carbocycles. The van der Waals surface area contributed by atoms with Gasteiger partial charge in [0.05, 0.1) is 0 Å². The highest BCUT2D eigenvalue weighted by Crippen LogP contribution is 2.30. The van der Waals surface area contributed by atoms with Gasteiger partial charge in [0.15, 0.2) is 0 Å². The Morgan fingerprint density at radius 3 is 2.75 bits per heavy atom. The number of amides is 2. The van der Waals surface area contributed by atoms with Crippen LogP contribution >= 0.6 is 15.9 Å². The smallest absolute Gasteiger partial charge is 0.249 e. The minimum absolute atomic E-state index is 0.000669. The lowest BCUT2D eigenvalue weighted by Crippen LogP contribution is -2.42. The predicted octanol–water partition coefficient (Wildman–Crippen LogP) is 2.39. The number of nitrogens with one attached hydrogen (secondary N) is 1. The highest BCUT2D eigenvalue weighted by Gasteiger charge is 2.37. The molecule has 2 aliphatic rings. The zero-order valence-electron chi connectivity index (χ0n) is 11.4. The van der Waals surface area contributed by atoms with Gasteiger partial charge in [-0.1, -0.05) is 15.9 Å². The van der Waals surface area contributed by atoms with Crippen molar-refractivity contribution in [2.45, 2.75) is 32.2 Å². The van der Waals surface area contributed by atoms with Crippen LogP contribution in [0, 0.1) is 12.8 Å². The third kappa shape index (κ3) is 2.59. The van der Waals surface area contributed by atoms with Crippen LogP contribution in [0.3, 0.4) is 0 Å². The van der Waals surface area contributed by atoms with Gasteiger partial charge >= 0.3 is 0 Å². The van der Waals surface area contributed by atoms with E-state index in [0.29, 0.717) is 13.0 Å². The number of anilines is 1. The minimum atomic E-state index is -0.355. The lowest BCUT2D eigenvalue weighted by molar-refractivity contribution is -0.127. The molecule has 4 nitrogen and oxygen atoms in total. The molecular weight excluding hydrogens is 320 g/mol. The number of carbonyl (C=O) groups is 2. The molecule has 0 unspecified atom stereocenters. The SMILES string of the molecule is Cc1cc(N2CC[C@H](NC(=O)C3CC3)C2=O)ccc1Br. The van der Waals surface area contributed by atoms with Gasteiger partial charge in [0.2, 0.25) is 11.8 Å². The predicted molar refractivity (Wildman–Crippen MR) is 80.5 cm³/mol. The second kappa shape index (κ2) is 5.20. The Labute approximate surface area is 126 Å². The van der Waals surface area contributed by atoms with Crippen molar-refractivity contribution < 1.29 is 9.59 Å². The highest BCUT2D eigenvalue weighted by atomic mass is 79.9. The Bertz CT molecular complexity index is 569. The van der Waals surface area contributed by atoms with Crippen molar-refractivity contribution in [3.05, 3.63) is 28.2 Å². The average Bonchev–Trinajstić information content (AvgIpc) is 3.20. The van der Waals surface area contributed by atoms with Gasteiger partial charge in [-0.2, -0.15) is 0 Å². The lowest BCUT2D eigenvalue weighted by Gasteiger charge is -2.18. The molecule has 106 valence electrons. The minimum Gasteiger partial charge on any atom is -0.344 e. The molecule has 1 saturated carbocycles. The summed E-state index contributed by atoms with van der Waals surface area (Å²) in [6, 6.07) is 5.52. The van der Waals surface area contributed by atoms with Gasteiger partial charge in [-0.15, -0.1) is 0 Å². The third-order valence-electron chi connectivity index (χ3n) is 3.92. The fourth-order valence-electron chi connectivity index (χ4n) is 2.50. The van der Waals surface area contributed by atoms with Crippen LogP contribution in [0.15, 0.2) is 22.7 Å². The van der Waals surface area contributed by atoms with Gasteiger partial charge in [-0.05, 0) is 49.9 Å². The average molecular weight is 337 g/mol. The van der Waals surface area contributed by atoms with E-state index in [4.69, 9.17) is 0 Å². The molecule has 5 heteroatoms. The number of carbonyl (C=O) groups excluding carboxylic acids is 2. The normalized spacial score (nSPS) is 22.2.